The number of nitrogens with zero attached hydrogens (tertiary/aromatic N) is 1. The number of ether oxygens (including phenoxy) is 3. The summed E-state index contributed by atoms with van der Waals surface area (Å²) in [5, 5.41) is 3.43. The van der Waals surface area contributed by atoms with Crippen LogP contribution in [-0.2, 0) is 4.79 Å². The topological polar surface area (TPSA) is 77.1 Å². The number of methoxy groups -OCH3 is 3. The Labute approximate surface area is 219 Å². The lowest BCUT2D eigenvalue weighted by atomic mass is 9.79. The molecular formula is C27H27ClN2O5S. The third kappa shape index (κ3) is 4.70. The lowest BCUT2D eigenvalue weighted by molar-refractivity contribution is -0.119. The van der Waals surface area contributed by atoms with Gasteiger partial charge >= 0.3 is 0 Å². The Morgan fingerprint density at radius 3 is 2.19 bits per heavy atom. The van der Waals surface area contributed by atoms with E-state index in [4.69, 9.17) is 25.8 Å². The van der Waals surface area contributed by atoms with Crippen LogP contribution in [0.2, 0.25) is 5.02 Å². The summed E-state index contributed by atoms with van der Waals surface area (Å²) in [6.07, 6.45) is 2.00. The summed E-state index contributed by atoms with van der Waals surface area (Å²) >= 11 is 7.82. The summed E-state index contributed by atoms with van der Waals surface area (Å²) in [7, 11) is 6.25. The van der Waals surface area contributed by atoms with Crippen molar-refractivity contribution in [3.63, 3.8) is 0 Å². The average molecular weight is 527 g/mol. The first-order valence-electron chi connectivity index (χ1n) is 11.1. The quantitative estimate of drug-likeness (QED) is 0.402. The van der Waals surface area contributed by atoms with Gasteiger partial charge in [-0.2, -0.15) is 0 Å². The fourth-order valence-corrected chi connectivity index (χ4v) is 5.12. The van der Waals surface area contributed by atoms with Gasteiger partial charge in [-0.05, 0) is 59.8 Å². The van der Waals surface area contributed by atoms with E-state index in [1.807, 2.05) is 30.5 Å². The minimum atomic E-state index is -0.758. The number of anilines is 1. The molecule has 0 spiro atoms. The van der Waals surface area contributed by atoms with Gasteiger partial charge in [-0.1, -0.05) is 23.7 Å². The van der Waals surface area contributed by atoms with Crippen molar-refractivity contribution in [3.05, 3.63) is 76.3 Å². The van der Waals surface area contributed by atoms with E-state index in [2.05, 4.69) is 5.32 Å². The first-order valence-corrected chi connectivity index (χ1v) is 12.7. The summed E-state index contributed by atoms with van der Waals surface area (Å²) in [5.41, 5.74) is 2.20. The molecule has 7 nitrogen and oxygen atoms in total. The normalized spacial score (nSPS) is 16.8. The maximum absolute atomic E-state index is 14.0. The van der Waals surface area contributed by atoms with Crippen molar-refractivity contribution in [2.24, 2.45) is 0 Å². The molecule has 9 heteroatoms. The zero-order valence-corrected chi connectivity index (χ0v) is 22.2. The molecule has 1 aliphatic rings. The van der Waals surface area contributed by atoms with Crippen molar-refractivity contribution in [2.45, 2.75) is 16.9 Å². The molecule has 1 heterocycles. The maximum Gasteiger partial charge on any atom is 0.254 e. The fraction of sp³-hybridized carbons (Fsp3) is 0.259. The number of likely N-dealkylation sites (N-methyl/N-ethyl adjacent to an activating group) is 1. The molecule has 2 atom stereocenters. The Kier molecular flexibility index (Phi) is 7.66. The van der Waals surface area contributed by atoms with Crippen LogP contribution in [0.1, 0.15) is 33.4 Å². The van der Waals surface area contributed by atoms with Crippen LogP contribution in [0.5, 0.6) is 17.2 Å². The highest BCUT2D eigenvalue weighted by molar-refractivity contribution is 7.98. The van der Waals surface area contributed by atoms with Crippen molar-refractivity contribution in [2.75, 3.05) is 39.9 Å². The largest absolute Gasteiger partial charge is 0.495 e. The number of hydrogen-bond donors (Lipinski definition) is 1. The van der Waals surface area contributed by atoms with Crippen LogP contribution in [0, 0.1) is 0 Å². The number of nitrogens with one attached hydrogen (secondary N) is 1. The summed E-state index contributed by atoms with van der Waals surface area (Å²) in [6, 6.07) is 15.6. The Hall–Kier alpha value is -3.36. The summed E-state index contributed by atoms with van der Waals surface area (Å²) in [5.74, 6) is 0.0315. The molecule has 3 aromatic rings. The van der Waals surface area contributed by atoms with Gasteiger partial charge in [0.25, 0.3) is 5.91 Å². The average Bonchev–Trinajstić information content (AvgIpc) is 2.90. The Morgan fingerprint density at radius 2 is 1.58 bits per heavy atom. The third-order valence-electron chi connectivity index (χ3n) is 6.33. The number of amides is 2. The fourth-order valence-electron chi connectivity index (χ4n) is 4.54. The Morgan fingerprint density at radius 1 is 0.944 bits per heavy atom. The Bertz CT molecular complexity index is 1300. The van der Waals surface area contributed by atoms with Crippen LogP contribution >= 0.6 is 23.4 Å². The molecule has 0 aromatic heterocycles. The number of hydrogen-bond acceptors (Lipinski definition) is 6. The molecule has 2 amide bonds. The van der Waals surface area contributed by atoms with Crippen LogP contribution < -0.4 is 19.5 Å². The minimum Gasteiger partial charge on any atom is -0.495 e. The van der Waals surface area contributed by atoms with Gasteiger partial charge in [-0.3, -0.25) is 9.59 Å². The third-order valence-corrected chi connectivity index (χ3v) is 7.31. The summed E-state index contributed by atoms with van der Waals surface area (Å²) in [4.78, 5) is 30.2. The lowest BCUT2D eigenvalue weighted by Gasteiger charge is -2.40. The van der Waals surface area contributed by atoms with Crippen LogP contribution in [0.15, 0.2) is 59.5 Å². The first kappa shape index (κ1) is 25.7. The van der Waals surface area contributed by atoms with E-state index in [0.717, 1.165) is 10.5 Å². The van der Waals surface area contributed by atoms with Crippen molar-refractivity contribution >= 4 is 40.9 Å². The molecule has 188 valence electrons. The van der Waals surface area contributed by atoms with E-state index in [-0.39, 0.29) is 11.8 Å². The second-order valence-electron chi connectivity index (χ2n) is 8.24. The van der Waals surface area contributed by atoms with Gasteiger partial charge in [0.15, 0.2) is 11.5 Å². The first-order chi connectivity index (χ1) is 17.3. The molecular weight excluding hydrogens is 500 g/mol. The monoisotopic (exact) mass is 526 g/mol. The number of thioether (sulfide) groups is 1. The van der Waals surface area contributed by atoms with E-state index in [9.17, 15) is 9.59 Å². The highest BCUT2D eigenvalue weighted by Crippen LogP contribution is 2.46. The van der Waals surface area contributed by atoms with E-state index < -0.39 is 12.0 Å². The van der Waals surface area contributed by atoms with E-state index in [0.29, 0.717) is 39.1 Å². The number of carbonyl (C=O) groups is 2. The molecule has 0 unspecified atom stereocenters. The van der Waals surface area contributed by atoms with Gasteiger partial charge in [-0.15, -0.1) is 11.8 Å². The highest BCUT2D eigenvalue weighted by atomic mass is 35.5. The van der Waals surface area contributed by atoms with Crippen molar-refractivity contribution < 1.29 is 23.8 Å². The molecule has 3 aromatic carbocycles. The molecule has 36 heavy (non-hydrogen) atoms. The predicted octanol–water partition coefficient (Wildman–Crippen LogP) is 5.64. The molecule has 0 saturated carbocycles. The van der Waals surface area contributed by atoms with Gasteiger partial charge in [0.2, 0.25) is 5.91 Å². The van der Waals surface area contributed by atoms with E-state index >= 15 is 0 Å². The zero-order chi connectivity index (χ0) is 26.0. The summed E-state index contributed by atoms with van der Waals surface area (Å²) < 4.78 is 16.4. The summed E-state index contributed by atoms with van der Waals surface area (Å²) in [6.45, 7) is 0. The number of benzene rings is 3. The SMILES string of the molecule is COc1ccc(Cl)cc1NC(=O)[C@@H]1c2cc(OC)c(OC)cc2C(=O)N(C)[C@@H]1c1ccc(SC)cc1. The zero-order valence-electron chi connectivity index (χ0n) is 20.6. The minimum absolute atomic E-state index is 0.214. The molecule has 0 fully saturated rings. The van der Waals surface area contributed by atoms with Crippen LogP contribution in [0.4, 0.5) is 5.69 Å². The van der Waals surface area contributed by atoms with Crippen molar-refractivity contribution in [1.82, 2.24) is 4.90 Å². The van der Waals surface area contributed by atoms with Crippen LogP contribution in [0.25, 0.3) is 0 Å². The number of halogens is 1. The standard InChI is InChI=1S/C27H27ClN2O5S/c1-30-25(15-6-9-17(36-5)10-7-15)24(26(31)29-20-12-16(28)8-11-21(20)33-2)18-13-22(34-3)23(35-4)14-19(18)27(30)32/h6-14,24-25H,1-5H3,(H,29,31)/t24-,25-/m1/s1. The van der Waals surface area contributed by atoms with Gasteiger partial charge in [0, 0.05) is 22.5 Å². The predicted molar refractivity (Wildman–Crippen MR) is 142 cm³/mol. The van der Waals surface area contributed by atoms with Gasteiger partial charge in [0.05, 0.1) is 39.0 Å². The molecule has 1 N–H and O–H groups in total. The van der Waals surface area contributed by atoms with E-state index in [1.54, 1.807) is 54.0 Å². The molecule has 0 aliphatic carbocycles. The van der Waals surface area contributed by atoms with Gasteiger partial charge < -0.3 is 24.4 Å². The number of carbonyl (C=O) groups excluding carboxylic acids is 2. The van der Waals surface area contributed by atoms with Crippen LogP contribution in [-0.4, -0.2) is 51.3 Å². The highest BCUT2D eigenvalue weighted by Gasteiger charge is 2.43. The van der Waals surface area contributed by atoms with Crippen LogP contribution in [0.3, 0.4) is 0 Å². The lowest BCUT2D eigenvalue weighted by Crippen LogP contribution is -2.44. The number of rotatable bonds is 7. The molecule has 0 saturated heterocycles. The maximum atomic E-state index is 14.0. The van der Waals surface area contributed by atoms with Gasteiger partial charge in [-0.25, -0.2) is 0 Å². The second-order valence-corrected chi connectivity index (χ2v) is 9.56. The second kappa shape index (κ2) is 10.7. The molecule has 0 bridgehead atoms. The molecule has 0 radical (unpaired) electrons. The van der Waals surface area contributed by atoms with E-state index in [1.165, 1.54) is 21.3 Å². The van der Waals surface area contributed by atoms with Crippen molar-refractivity contribution in [1.29, 1.82) is 0 Å². The smallest absolute Gasteiger partial charge is 0.254 e. The van der Waals surface area contributed by atoms with Crippen molar-refractivity contribution in [3.8, 4) is 17.2 Å². The molecule has 4 rings (SSSR count). The molecule has 1 aliphatic heterocycles. The van der Waals surface area contributed by atoms with Gasteiger partial charge in [0.1, 0.15) is 5.75 Å². The number of fused-ring (bicyclic) bond motifs is 1. The Balaban J connectivity index is 1.89.